The first-order chi connectivity index (χ1) is 8.50. The van der Waals surface area contributed by atoms with Gasteiger partial charge in [-0.05, 0) is 39.7 Å². The van der Waals surface area contributed by atoms with Gasteiger partial charge in [0.25, 0.3) is 0 Å². The molecule has 0 saturated carbocycles. The largest absolute Gasteiger partial charge is 0.207 e. The second kappa shape index (κ2) is 5.79. The molecule has 0 amide bonds. The van der Waals surface area contributed by atoms with E-state index in [4.69, 9.17) is 34.8 Å². The van der Waals surface area contributed by atoms with Gasteiger partial charge >= 0.3 is 0 Å². The highest BCUT2D eigenvalue weighted by atomic mass is 79.9. The van der Waals surface area contributed by atoms with Crippen LogP contribution in [0, 0.1) is 5.82 Å². The van der Waals surface area contributed by atoms with Crippen LogP contribution in [-0.2, 0) is 0 Å². The van der Waals surface area contributed by atoms with Crippen molar-refractivity contribution < 1.29 is 4.39 Å². The molecule has 2 aromatic carbocycles. The summed E-state index contributed by atoms with van der Waals surface area (Å²) in [5.74, 6) is -0.425. The third-order valence-electron chi connectivity index (χ3n) is 2.49. The van der Waals surface area contributed by atoms with Crippen LogP contribution in [0.15, 0.2) is 40.9 Å². The fourth-order valence-corrected chi connectivity index (χ4v) is 2.73. The van der Waals surface area contributed by atoms with Gasteiger partial charge in [0, 0.05) is 15.1 Å². The van der Waals surface area contributed by atoms with Crippen molar-refractivity contribution in [1.29, 1.82) is 0 Å². The fourth-order valence-electron chi connectivity index (χ4n) is 1.58. The van der Waals surface area contributed by atoms with Crippen molar-refractivity contribution in [3.8, 4) is 0 Å². The van der Waals surface area contributed by atoms with E-state index >= 15 is 0 Å². The molecule has 18 heavy (non-hydrogen) atoms. The van der Waals surface area contributed by atoms with Gasteiger partial charge in [-0.25, -0.2) is 4.39 Å². The monoisotopic (exact) mass is 366 g/mol. The summed E-state index contributed by atoms with van der Waals surface area (Å²) in [6, 6.07) is 9.86. The van der Waals surface area contributed by atoms with Crippen molar-refractivity contribution in [1.82, 2.24) is 0 Å². The molecule has 0 N–H and O–H groups in total. The van der Waals surface area contributed by atoms with Crippen molar-refractivity contribution in [3.05, 3.63) is 67.9 Å². The molecule has 0 radical (unpaired) electrons. The Bertz CT molecular complexity index is 586. The lowest BCUT2D eigenvalue weighted by Gasteiger charge is -2.14. The van der Waals surface area contributed by atoms with Gasteiger partial charge in [-0.3, -0.25) is 0 Å². The Morgan fingerprint density at radius 3 is 2.33 bits per heavy atom. The molecule has 0 spiro atoms. The van der Waals surface area contributed by atoms with Crippen LogP contribution in [0.25, 0.3) is 0 Å². The second-order valence-electron chi connectivity index (χ2n) is 3.67. The molecule has 0 aliphatic heterocycles. The standard InChI is InChI=1S/C13H7BrCl3F/c14-9-6-12(18)8(5-11(9)16)13(17)7-3-1-2-4-10(7)15/h1-6,13H. The molecule has 5 heteroatoms. The molecule has 0 nitrogen and oxygen atoms in total. The average Bonchev–Trinajstić information content (AvgIpc) is 2.33. The minimum Gasteiger partial charge on any atom is -0.207 e. The number of benzene rings is 2. The van der Waals surface area contributed by atoms with E-state index in [1.54, 1.807) is 24.3 Å². The Morgan fingerprint density at radius 2 is 1.67 bits per heavy atom. The smallest absolute Gasteiger partial charge is 0.129 e. The molecular weight excluding hydrogens is 361 g/mol. The van der Waals surface area contributed by atoms with Crippen LogP contribution in [0.5, 0.6) is 0 Å². The van der Waals surface area contributed by atoms with E-state index in [-0.39, 0.29) is 0 Å². The van der Waals surface area contributed by atoms with Crippen LogP contribution < -0.4 is 0 Å². The number of rotatable bonds is 2. The van der Waals surface area contributed by atoms with E-state index in [9.17, 15) is 4.39 Å². The maximum Gasteiger partial charge on any atom is 0.129 e. The third kappa shape index (κ3) is 2.83. The van der Waals surface area contributed by atoms with Gasteiger partial charge in [0.2, 0.25) is 0 Å². The molecule has 0 aliphatic rings. The molecule has 1 atom stereocenters. The topological polar surface area (TPSA) is 0 Å². The Kier molecular flexibility index (Phi) is 4.54. The zero-order valence-corrected chi connectivity index (χ0v) is 12.8. The highest BCUT2D eigenvalue weighted by molar-refractivity contribution is 9.10. The Morgan fingerprint density at radius 1 is 1.00 bits per heavy atom. The van der Waals surface area contributed by atoms with E-state index < -0.39 is 11.2 Å². The Labute approximate surface area is 128 Å². The molecule has 0 saturated heterocycles. The minimum atomic E-state index is -0.677. The van der Waals surface area contributed by atoms with E-state index in [2.05, 4.69) is 15.9 Å². The fraction of sp³-hybridized carbons (Fsp3) is 0.0769. The number of hydrogen-bond acceptors (Lipinski definition) is 0. The molecule has 0 aliphatic carbocycles. The van der Waals surface area contributed by atoms with Gasteiger partial charge in [-0.1, -0.05) is 41.4 Å². The Balaban J connectivity index is 2.50. The van der Waals surface area contributed by atoms with Gasteiger partial charge in [-0.15, -0.1) is 11.6 Å². The first kappa shape index (κ1) is 14.1. The quantitative estimate of drug-likeness (QED) is 0.436. The van der Waals surface area contributed by atoms with Crippen LogP contribution in [-0.4, -0.2) is 0 Å². The zero-order chi connectivity index (χ0) is 13.3. The number of halogens is 5. The summed E-state index contributed by atoms with van der Waals surface area (Å²) in [6.07, 6.45) is 0. The molecule has 94 valence electrons. The predicted octanol–water partition coefficient (Wildman–Crippen LogP) is 6.22. The van der Waals surface area contributed by atoms with Crippen molar-refractivity contribution >= 4 is 50.7 Å². The lowest BCUT2D eigenvalue weighted by atomic mass is 10.0. The molecular formula is C13H7BrCl3F. The Hall–Kier alpha value is -0.280. The average molecular weight is 368 g/mol. The third-order valence-corrected chi connectivity index (χ3v) is 4.50. The summed E-state index contributed by atoms with van der Waals surface area (Å²) in [4.78, 5) is 0. The minimum absolute atomic E-state index is 0.304. The normalized spacial score (nSPS) is 12.5. The van der Waals surface area contributed by atoms with Gasteiger partial charge in [0.1, 0.15) is 5.82 Å². The van der Waals surface area contributed by atoms with Gasteiger partial charge in [0.05, 0.1) is 10.4 Å². The summed E-state index contributed by atoms with van der Waals surface area (Å²) in [5, 5.41) is 0.226. The molecule has 0 fully saturated rings. The SMILES string of the molecule is Fc1cc(Br)c(Cl)cc1C(Cl)c1ccccc1Cl. The predicted molar refractivity (Wildman–Crippen MR) is 78.3 cm³/mol. The van der Waals surface area contributed by atoms with Crippen LogP contribution >= 0.6 is 50.7 Å². The van der Waals surface area contributed by atoms with Crippen LogP contribution in [0.2, 0.25) is 10.0 Å². The van der Waals surface area contributed by atoms with Crippen molar-refractivity contribution in [2.24, 2.45) is 0 Å². The first-order valence-corrected chi connectivity index (χ1v) is 7.02. The van der Waals surface area contributed by atoms with Gasteiger partial charge in [0.15, 0.2) is 0 Å². The van der Waals surface area contributed by atoms with E-state index in [0.717, 1.165) is 0 Å². The summed E-state index contributed by atoms with van der Waals surface area (Å²) >= 11 is 21.4. The molecule has 0 heterocycles. The zero-order valence-electron chi connectivity index (χ0n) is 8.93. The second-order valence-corrected chi connectivity index (χ2v) is 5.78. The number of hydrogen-bond donors (Lipinski definition) is 0. The van der Waals surface area contributed by atoms with Crippen molar-refractivity contribution in [2.45, 2.75) is 5.38 Å². The van der Waals surface area contributed by atoms with E-state index in [1.807, 2.05) is 0 Å². The van der Waals surface area contributed by atoms with Crippen LogP contribution in [0.1, 0.15) is 16.5 Å². The summed E-state index contributed by atoms with van der Waals surface area (Å²) < 4.78 is 14.4. The van der Waals surface area contributed by atoms with Gasteiger partial charge in [-0.2, -0.15) is 0 Å². The molecule has 0 aromatic heterocycles. The van der Waals surface area contributed by atoms with Crippen LogP contribution in [0.4, 0.5) is 4.39 Å². The maximum atomic E-state index is 13.9. The lowest BCUT2D eigenvalue weighted by Crippen LogP contribution is -1.98. The van der Waals surface area contributed by atoms with E-state index in [0.29, 0.717) is 25.6 Å². The highest BCUT2D eigenvalue weighted by Crippen LogP contribution is 2.37. The molecule has 0 bridgehead atoms. The molecule has 1 unspecified atom stereocenters. The summed E-state index contributed by atoms with van der Waals surface area (Å²) in [7, 11) is 0. The lowest BCUT2D eigenvalue weighted by molar-refractivity contribution is 0.611. The maximum absolute atomic E-state index is 13.9. The van der Waals surface area contributed by atoms with Crippen molar-refractivity contribution in [3.63, 3.8) is 0 Å². The highest BCUT2D eigenvalue weighted by Gasteiger charge is 2.19. The summed E-state index contributed by atoms with van der Waals surface area (Å²) in [5.41, 5.74) is 0.955. The van der Waals surface area contributed by atoms with E-state index in [1.165, 1.54) is 12.1 Å². The number of alkyl halides is 1. The van der Waals surface area contributed by atoms with Gasteiger partial charge < -0.3 is 0 Å². The molecule has 2 rings (SSSR count). The van der Waals surface area contributed by atoms with Crippen molar-refractivity contribution in [2.75, 3.05) is 0 Å². The molecule has 2 aromatic rings. The first-order valence-electron chi connectivity index (χ1n) is 5.03. The van der Waals surface area contributed by atoms with Crippen LogP contribution in [0.3, 0.4) is 0 Å². The summed E-state index contributed by atoms with van der Waals surface area (Å²) in [6.45, 7) is 0.